The Balaban J connectivity index is 1.35. The topological polar surface area (TPSA) is 91.3 Å². The lowest BCUT2D eigenvalue weighted by molar-refractivity contribution is -0.432. The van der Waals surface area contributed by atoms with Crippen LogP contribution >= 0.6 is 12.0 Å². The average Bonchev–Trinajstić information content (AvgIpc) is 3.45. The first-order valence-electron chi connectivity index (χ1n) is 11.8. The van der Waals surface area contributed by atoms with Crippen molar-refractivity contribution in [3.05, 3.63) is 29.3 Å². The third kappa shape index (κ3) is 6.25. The number of hydrogen-bond acceptors (Lipinski definition) is 8. The minimum Gasteiger partial charge on any atom is -0.462 e. The third-order valence-electron chi connectivity index (χ3n) is 7.34. The van der Waals surface area contributed by atoms with E-state index in [1.807, 2.05) is 0 Å². The minimum absolute atomic E-state index is 0.243. The third-order valence-corrected chi connectivity index (χ3v) is 7.89. The molecule has 7 nitrogen and oxygen atoms in total. The average molecular weight is 465 g/mol. The molecule has 0 heterocycles. The highest BCUT2D eigenvalue weighted by atomic mass is 32.2. The van der Waals surface area contributed by atoms with Crippen LogP contribution in [0.2, 0.25) is 0 Å². The van der Waals surface area contributed by atoms with E-state index in [-0.39, 0.29) is 11.1 Å². The number of rotatable bonds is 10. The highest BCUT2D eigenvalue weighted by Gasteiger charge is 2.40. The van der Waals surface area contributed by atoms with Crippen molar-refractivity contribution in [2.75, 3.05) is 13.2 Å². The molecule has 0 aromatic heterocycles. The number of carbonyl (C=O) groups is 2. The van der Waals surface area contributed by atoms with Crippen molar-refractivity contribution in [3.8, 4) is 0 Å². The molecule has 4 rings (SSSR count). The van der Waals surface area contributed by atoms with Gasteiger partial charge in [-0.05, 0) is 67.6 Å². The van der Waals surface area contributed by atoms with Crippen LogP contribution < -0.4 is 0 Å². The zero-order valence-corrected chi connectivity index (χ0v) is 19.1. The fourth-order valence-corrected chi connectivity index (χ4v) is 6.12. The Kier molecular flexibility index (Phi) is 8.46. The highest BCUT2D eigenvalue weighted by molar-refractivity contribution is 7.94. The van der Waals surface area contributed by atoms with Crippen molar-refractivity contribution in [1.29, 1.82) is 0 Å². The predicted octanol–water partition coefficient (Wildman–Crippen LogP) is 5.84. The summed E-state index contributed by atoms with van der Waals surface area (Å²) in [4.78, 5) is 25.8. The smallest absolute Gasteiger partial charge is 0.338 e. The van der Waals surface area contributed by atoms with Gasteiger partial charge in [-0.2, -0.15) is 0 Å². The van der Waals surface area contributed by atoms with Gasteiger partial charge in [0.1, 0.15) is 0 Å². The predicted molar refractivity (Wildman–Crippen MR) is 118 cm³/mol. The van der Waals surface area contributed by atoms with E-state index < -0.39 is 11.9 Å². The molecular formula is C24H32O7S. The van der Waals surface area contributed by atoms with Crippen molar-refractivity contribution in [2.24, 2.45) is 23.7 Å². The Bertz CT molecular complexity index is 793. The molecule has 0 aliphatic heterocycles. The van der Waals surface area contributed by atoms with Crippen molar-refractivity contribution in [2.45, 2.75) is 69.1 Å². The van der Waals surface area contributed by atoms with Gasteiger partial charge >= 0.3 is 11.9 Å². The number of fused-ring (bicyclic) bond motifs is 2. The van der Waals surface area contributed by atoms with E-state index in [1.54, 1.807) is 12.1 Å². The number of ether oxygens (including phenoxy) is 2. The summed E-state index contributed by atoms with van der Waals surface area (Å²) in [5, 5.41) is 12.1. The van der Waals surface area contributed by atoms with Gasteiger partial charge in [0.05, 0.1) is 36.4 Å². The maximum Gasteiger partial charge on any atom is 0.338 e. The molecule has 32 heavy (non-hydrogen) atoms. The maximum atomic E-state index is 12.7. The summed E-state index contributed by atoms with van der Waals surface area (Å²) in [6.45, 7) is 0.774. The molecule has 176 valence electrons. The van der Waals surface area contributed by atoms with Crippen LogP contribution in [0.3, 0.4) is 0 Å². The van der Waals surface area contributed by atoms with Gasteiger partial charge in [0.15, 0.2) is 0 Å². The van der Waals surface area contributed by atoms with Crippen LogP contribution in [0.15, 0.2) is 23.1 Å². The van der Waals surface area contributed by atoms with Gasteiger partial charge in [0.2, 0.25) is 0 Å². The van der Waals surface area contributed by atoms with Gasteiger partial charge in [0.25, 0.3) is 0 Å². The lowest BCUT2D eigenvalue weighted by atomic mass is 9.87. The summed E-state index contributed by atoms with van der Waals surface area (Å²) in [5.74, 6) is 1.54. The molecule has 3 unspecified atom stereocenters. The molecule has 2 bridgehead atoms. The largest absolute Gasteiger partial charge is 0.462 e. The molecule has 3 aliphatic rings. The SMILES string of the molecule is O=C(OCCC1CCCCC1)c1cc(SOOO)cc(C(=O)OCC2CC3CCC2C3)c1. The lowest BCUT2D eigenvalue weighted by Gasteiger charge is -2.21. The number of esters is 2. The highest BCUT2D eigenvalue weighted by Crippen LogP contribution is 2.48. The minimum atomic E-state index is -0.490. The molecule has 1 N–H and O–H groups in total. The van der Waals surface area contributed by atoms with Crippen molar-refractivity contribution in [3.63, 3.8) is 0 Å². The summed E-state index contributed by atoms with van der Waals surface area (Å²) >= 11 is 0.696. The van der Waals surface area contributed by atoms with Gasteiger partial charge < -0.3 is 9.47 Å². The number of benzene rings is 1. The quantitative estimate of drug-likeness (QED) is 0.200. The first-order chi connectivity index (χ1) is 15.6. The Morgan fingerprint density at radius 1 is 0.938 bits per heavy atom. The zero-order valence-electron chi connectivity index (χ0n) is 18.3. The van der Waals surface area contributed by atoms with E-state index in [0.717, 1.165) is 18.8 Å². The second kappa shape index (κ2) is 11.5. The first kappa shape index (κ1) is 23.5. The Morgan fingerprint density at radius 3 is 2.34 bits per heavy atom. The first-order valence-corrected chi connectivity index (χ1v) is 12.5. The summed E-state index contributed by atoms with van der Waals surface area (Å²) in [7, 11) is 0. The van der Waals surface area contributed by atoms with Gasteiger partial charge in [-0.3, -0.25) is 0 Å². The van der Waals surface area contributed by atoms with E-state index >= 15 is 0 Å². The van der Waals surface area contributed by atoms with Gasteiger partial charge in [-0.15, -0.1) is 4.33 Å². The van der Waals surface area contributed by atoms with E-state index in [1.165, 1.54) is 57.4 Å². The van der Waals surface area contributed by atoms with Gasteiger partial charge in [0, 0.05) is 4.90 Å². The Morgan fingerprint density at radius 2 is 1.69 bits per heavy atom. The van der Waals surface area contributed by atoms with E-state index in [4.69, 9.17) is 14.7 Å². The summed E-state index contributed by atoms with van der Waals surface area (Å²) in [6.07, 6.45) is 12.0. The fraction of sp³-hybridized carbons (Fsp3) is 0.667. The second-order valence-corrected chi connectivity index (χ2v) is 10.2. The molecule has 3 saturated carbocycles. The summed E-state index contributed by atoms with van der Waals surface area (Å²) in [5.41, 5.74) is 0.492. The molecule has 3 aliphatic carbocycles. The monoisotopic (exact) mass is 464 g/mol. The van der Waals surface area contributed by atoms with Crippen molar-refractivity contribution in [1.82, 2.24) is 0 Å². The van der Waals surface area contributed by atoms with Crippen LogP contribution in [0.25, 0.3) is 0 Å². The number of carbonyl (C=O) groups excluding carboxylic acids is 2. The van der Waals surface area contributed by atoms with Crippen LogP contribution in [0.1, 0.15) is 84.9 Å². The molecule has 0 saturated heterocycles. The Hall–Kier alpha value is -1.61. The standard InChI is InChI=1S/C24H32O7S/c25-23(28-9-8-16-4-2-1-3-5-16)19-12-20(14-22(13-19)32-31-30-27)24(26)29-15-21-11-17-6-7-18(21)10-17/h12-14,16-18,21,27H,1-11,15H2. The molecule has 1 aromatic rings. The summed E-state index contributed by atoms with van der Waals surface area (Å²) < 4.78 is 15.6. The number of hydrogen-bond donors (Lipinski definition) is 1. The van der Waals surface area contributed by atoms with Crippen LogP contribution in [-0.2, 0) is 18.8 Å². The maximum absolute atomic E-state index is 12.7. The van der Waals surface area contributed by atoms with Crippen LogP contribution in [0, 0.1) is 23.7 Å². The van der Waals surface area contributed by atoms with Gasteiger partial charge in [-0.1, -0.05) is 43.6 Å². The van der Waals surface area contributed by atoms with Crippen LogP contribution in [-0.4, -0.2) is 30.4 Å². The zero-order chi connectivity index (χ0) is 22.3. The van der Waals surface area contributed by atoms with Crippen molar-refractivity contribution >= 4 is 24.0 Å². The normalized spacial score (nSPS) is 25.1. The Labute approximate surface area is 193 Å². The molecule has 1 aromatic carbocycles. The van der Waals surface area contributed by atoms with Gasteiger partial charge in [-0.25, -0.2) is 14.8 Å². The molecule has 0 amide bonds. The van der Waals surface area contributed by atoms with Crippen LogP contribution in [0.5, 0.6) is 0 Å². The van der Waals surface area contributed by atoms with Crippen molar-refractivity contribution < 1.29 is 33.7 Å². The van der Waals surface area contributed by atoms with E-state index in [2.05, 4.69) is 9.37 Å². The van der Waals surface area contributed by atoms with Crippen LogP contribution in [0.4, 0.5) is 0 Å². The second-order valence-electron chi connectivity index (χ2n) is 9.43. The molecule has 8 heteroatoms. The lowest BCUT2D eigenvalue weighted by Crippen LogP contribution is -2.19. The molecular weight excluding hydrogens is 432 g/mol. The van der Waals surface area contributed by atoms with E-state index in [0.29, 0.717) is 47.9 Å². The summed E-state index contributed by atoms with van der Waals surface area (Å²) in [6, 6.07) is 4.58. The molecule has 0 spiro atoms. The molecule has 3 atom stereocenters. The molecule has 0 radical (unpaired) electrons. The van der Waals surface area contributed by atoms with E-state index in [9.17, 15) is 9.59 Å². The molecule has 3 fully saturated rings. The fourth-order valence-electron chi connectivity index (χ4n) is 5.66.